The maximum Gasteiger partial charge on any atom is 0.207 e. The molecule has 1 N–H and O–H groups in total. The number of nitrogens with one attached hydrogen (secondary N) is 1. The molecule has 0 saturated heterocycles. The minimum absolute atomic E-state index is 0.337. The Kier molecular flexibility index (Phi) is 3.92. The molecule has 0 fully saturated rings. The van der Waals surface area contributed by atoms with Crippen molar-refractivity contribution in [2.45, 2.75) is 12.8 Å². The quantitative estimate of drug-likeness (QED) is 0.693. The number of para-hydroxylation sites is 1. The van der Waals surface area contributed by atoms with Crippen LogP contribution in [0.3, 0.4) is 0 Å². The predicted octanol–water partition coefficient (Wildman–Crippen LogP) is 2.09. The van der Waals surface area contributed by atoms with E-state index >= 15 is 0 Å². The Morgan fingerprint density at radius 2 is 1.86 bits per heavy atom. The molecule has 0 amide bonds. The van der Waals surface area contributed by atoms with Crippen molar-refractivity contribution in [1.82, 2.24) is 0 Å². The number of hydrogen-bond acceptors (Lipinski definition) is 3. The van der Waals surface area contributed by atoms with Crippen LogP contribution >= 0.6 is 0 Å². The van der Waals surface area contributed by atoms with Gasteiger partial charge in [0, 0.05) is 18.7 Å². The van der Waals surface area contributed by atoms with E-state index in [-0.39, 0.29) is 0 Å². The van der Waals surface area contributed by atoms with Gasteiger partial charge in [0.1, 0.15) is 12.0 Å². The van der Waals surface area contributed by atoms with E-state index in [1.165, 1.54) is 11.3 Å². The van der Waals surface area contributed by atoms with Crippen molar-refractivity contribution in [2.24, 2.45) is 5.10 Å². The molecule has 2 aromatic rings. The molecule has 0 saturated carbocycles. The van der Waals surface area contributed by atoms with Crippen molar-refractivity contribution in [3.8, 4) is 5.75 Å². The maximum absolute atomic E-state index is 5.17. The fourth-order valence-corrected chi connectivity index (χ4v) is 2.58. The lowest BCUT2D eigenvalue weighted by atomic mass is 9.99. The Morgan fingerprint density at radius 3 is 2.55 bits per heavy atom. The van der Waals surface area contributed by atoms with Crippen LogP contribution in [0, 0.1) is 0 Å². The van der Waals surface area contributed by atoms with Gasteiger partial charge in [-0.1, -0.05) is 18.2 Å². The molecule has 0 aliphatic carbocycles. The highest BCUT2D eigenvalue weighted by molar-refractivity contribution is 6.31. The topological polar surface area (TPSA) is 38.8 Å². The van der Waals surface area contributed by atoms with Gasteiger partial charge in [-0.15, -0.1) is 0 Å². The van der Waals surface area contributed by atoms with E-state index in [0.29, 0.717) is 5.92 Å². The predicted molar refractivity (Wildman–Crippen MR) is 90.4 cm³/mol. The molecule has 0 aromatic heterocycles. The van der Waals surface area contributed by atoms with Gasteiger partial charge in [-0.25, -0.2) is 4.99 Å². The summed E-state index contributed by atoms with van der Waals surface area (Å²) in [6.45, 7) is 2.19. The SMILES string of the molecule is COc1ccc(N(C)/N=C/C2=[NH+]c3ccccc3C2C)cc1. The Labute approximate surface area is 130 Å². The number of rotatable bonds is 4. The number of fused-ring (bicyclic) bond motifs is 1. The lowest BCUT2D eigenvalue weighted by Crippen LogP contribution is -2.64. The van der Waals surface area contributed by atoms with E-state index in [0.717, 1.165) is 17.1 Å². The van der Waals surface area contributed by atoms with Crippen molar-refractivity contribution in [2.75, 3.05) is 19.2 Å². The number of nitrogens with zero attached hydrogens (tertiary/aromatic N) is 2. The first-order valence-electron chi connectivity index (χ1n) is 7.33. The molecule has 4 heteroatoms. The highest BCUT2D eigenvalue weighted by Crippen LogP contribution is 2.24. The Balaban J connectivity index is 1.74. The molecule has 4 nitrogen and oxygen atoms in total. The second-order valence-corrected chi connectivity index (χ2v) is 5.36. The molecular weight excluding hydrogens is 274 g/mol. The van der Waals surface area contributed by atoms with Crippen LogP contribution in [0.25, 0.3) is 0 Å². The summed E-state index contributed by atoms with van der Waals surface area (Å²) < 4.78 is 5.17. The van der Waals surface area contributed by atoms with Crippen molar-refractivity contribution in [3.63, 3.8) is 0 Å². The highest BCUT2D eigenvalue weighted by atomic mass is 16.5. The van der Waals surface area contributed by atoms with Gasteiger partial charge in [-0.3, -0.25) is 5.01 Å². The van der Waals surface area contributed by atoms with E-state index < -0.39 is 0 Å². The second kappa shape index (κ2) is 6.02. The van der Waals surface area contributed by atoms with Crippen LogP contribution in [0.2, 0.25) is 0 Å². The fourth-order valence-electron chi connectivity index (χ4n) is 2.58. The van der Waals surface area contributed by atoms with Gasteiger partial charge in [0.05, 0.1) is 18.7 Å². The average Bonchev–Trinajstić information content (AvgIpc) is 2.89. The average molecular weight is 294 g/mol. The highest BCUT2D eigenvalue weighted by Gasteiger charge is 2.28. The van der Waals surface area contributed by atoms with Crippen molar-refractivity contribution < 1.29 is 9.73 Å². The van der Waals surface area contributed by atoms with E-state index in [4.69, 9.17) is 4.74 Å². The standard InChI is InChI=1S/C18H19N3O/c1-13-16-6-4-5-7-17(16)20-18(13)12-19-21(2)14-8-10-15(22-3)11-9-14/h4-13H,1-3H3/p+1/b19-12+. The van der Waals surface area contributed by atoms with Gasteiger partial charge in [0.15, 0.2) is 0 Å². The van der Waals surface area contributed by atoms with E-state index in [1.807, 2.05) is 48.6 Å². The molecule has 0 radical (unpaired) electrons. The zero-order valence-electron chi connectivity index (χ0n) is 13.1. The van der Waals surface area contributed by atoms with E-state index in [9.17, 15) is 0 Å². The second-order valence-electron chi connectivity index (χ2n) is 5.36. The van der Waals surface area contributed by atoms with Crippen LogP contribution in [0.4, 0.5) is 11.4 Å². The summed E-state index contributed by atoms with van der Waals surface area (Å²) in [6.07, 6.45) is 1.90. The number of anilines is 1. The summed E-state index contributed by atoms with van der Waals surface area (Å²) in [5.41, 5.74) is 4.61. The third-order valence-electron chi connectivity index (χ3n) is 3.99. The molecule has 1 atom stereocenters. The molecule has 2 aromatic carbocycles. The van der Waals surface area contributed by atoms with Crippen LogP contribution in [0.5, 0.6) is 5.75 Å². The summed E-state index contributed by atoms with van der Waals surface area (Å²) in [7, 11) is 3.60. The van der Waals surface area contributed by atoms with Gasteiger partial charge in [0.25, 0.3) is 0 Å². The molecular formula is C18H20N3O+. The minimum atomic E-state index is 0.337. The Bertz CT molecular complexity index is 719. The summed E-state index contributed by atoms with van der Waals surface area (Å²) in [6, 6.07) is 16.2. The first-order valence-corrected chi connectivity index (χ1v) is 7.33. The number of ether oxygens (including phenoxy) is 1. The number of hydrazone groups is 1. The molecule has 112 valence electrons. The van der Waals surface area contributed by atoms with Crippen LogP contribution in [0.1, 0.15) is 18.4 Å². The van der Waals surface area contributed by atoms with Crippen molar-refractivity contribution >= 4 is 23.3 Å². The third kappa shape index (κ3) is 2.72. The molecule has 1 aliphatic heterocycles. The maximum atomic E-state index is 5.17. The summed E-state index contributed by atoms with van der Waals surface area (Å²) in [5.74, 6) is 1.18. The lowest BCUT2D eigenvalue weighted by Gasteiger charge is -2.12. The van der Waals surface area contributed by atoms with Gasteiger partial charge < -0.3 is 4.74 Å². The fraction of sp³-hybridized carbons (Fsp3) is 0.222. The molecule has 0 bridgehead atoms. The van der Waals surface area contributed by atoms with Crippen LogP contribution in [0.15, 0.2) is 53.6 Å². The van der Waals surface area contributed by atoms with Gasteiger partial charge in [0.2, 0.25) is 11.4 Å². The zero-order valence-corrected chi connectivity index (χ0v) is 13.1. The summed E-state index contributed by atoms with van der Waals surface area (Å²) in [4.78, 5) is 3.43. The molecule has 1 unspecified atom stereocenters. The monoisotopic (exact) mass is 294 g/mol. The summed E-state index contributed by atoms with van der Waals surface area (Å²) in [5, 5.41) is 6.38. The minimum Gasteiger partial charge on any atom is -0.497 e. The van der Waals surface area contributed by atoms with E-state index in [1.54, 1.807) is 7.11 Å². The van der Waals surface area contributed by atoms with Gasteiger partial charge >= 0.3 is 0 Å². The largest absolute Gasteiger partial charge is 0.497 e. The smallest absolute Gasteiger partial charge is 0.207 e. The lowest BCUT2D eigenvalue weighted by molar-refractivity contribution is -0.347. The van der Waals surface area contributed by atoms with Gasteiger partial charge in [-0.05, 0) is 31.2 Å². The number of benzene rings is 2. The number of hydrogen-bond donors (Lipinski definition) is 1. The van der Waals surface area contributed by atoms with E-state index in [2.05, 4.69) is 35.2 Å². The number of methoxy groups -OCH3 is 1. The Morgan fingerprint density at radius 1 is 1.14 bits per heavy atom. The third-order valence-corrected chi connectivity index (χ3v) is 3.99. The Hall–Kier alpha value is -2.62. The molecule has 1 heterocycles. The normalized spacial score (nSPS) is 16.5. The van der Waals surface area contributed by atoms with Gasteiger partial charge in [-0.2, -0.15) is 5.10 Å². The first kappa shape index (κ1) is 14.3. The molecule has 22 heavy (non-hydrogen) atoms. The molecule has 3 rings (SSSR count). The molecule has 1 aliphatic rings. The van der Waals surface area contributed by atoms with Crippen LogP contribution < -0.4 is 14.7 Å². The summed E-state index contributed by atoms with van der Waals surface area (Å²) >= 11 is 0. The van der Waals surface area contributed by atoms with Crippen molar-refractivity contribution in [3.05, 3.63) is 54.1 Å². The van der Waals surface area contributed by atoms with Crippen LogP contribution in [-0.2, 0) is 0 Å². The molecule has 0 spiro atoms. The van der Waals surface area contributed by atoms with Crippen LogP contribution in [-0.4, -0.2) is 26.1 Å². The first-order chi connectivity index (χ1) is 10.7. The zero-order chi connectivity index (χ0) is 15.5. The van der Waals surface area contributed by atoms with Crippen molar-refractivity contribution in [1.29, 1.82) is 0 Å².